The van der Waals surface area contributed by atoms with E-state index in [4.69, 9.17) is 4.42 Å². The number of aryl methyl sites for hydroxylation is 1. The van der Waals surface area contributed by atoms with E-state index in [1.54, 1.807) is 0 Å². The first kappa shape index (κ1) is 18.2. The first-order valence-electron chi connectivity index (χ1n) is 7.89. The molecule has 1 aliphatic heterocycles. The molecule has 1 atom stereocenters. The highest BCUT2D eigenvalue weighted by Gasteiger charge is 2.36. The van der Waals surface area contributed by atoms with Crippen LogP contribution in [0.3, 0.4) is 0 Å². The molecule has 1 aromatic heterocycles. The average molecular weight is 378 g/mol. The summed E-state index contributed by atoms with van der Waals surface area (Å²) in [5.74, 6) is -1.57. The second-order valence-electron chi connectivity index (χ2n) is 6.00. The third kappa shape index (κ3) is 3.11. The van der Waals surface area contributed by atoms with Gasteiger partial charge in [0.1, 0.15) is 11.8 Å². The Kier molecular flexibility index (Phi) is 4.59. The molecule has 9 heteroatoms. The summed E-state index contributed by atoms with van der Waals surface area (Å²) in [6.07, 6.45) is 0.190. The number of hydrogen-bond acceptors (Lipinski definition) is 5. The summed E-state index contributed by atoms with van der Waals surface area (Å²) in [4.78, 5) is 25.9. The second kappa shape index (κ2) is 6.58. The summed E-state index contributed by atoms with van der Waals surface area (Å²) in [7, 11) is -2.61. The monoisotopic (exact) mass is 378 g/mol. The third-order valence-electron chi connectivity index (χ3n) is 4.45. The van der Waals surface area contributed by atoms with Crippen molar-refractivity contribution in [1.29, 1.82) is 0 Å². The number of carboxylic acids is 1. The molecule has 138 valence electrons. The molecule has 26 heavy (non-hydrogen) atoms. The zero-order valence-corrected chi connectivity index (χ0v) is 15.0. The van der Waals surface area contributed by atoms with E-state index in [1.165, 1.54) is 18.9 Å². The van der Waals surface area contributed by atoms with E-state index in [9.17, 15) is 23.1 Å². The van der Waals surface area contributed by atoms with Gasteiger partial charge in [0.2, 0.25) is 5.09 Å². The average Bonchev–Trinajstić information content (AvgIpc) is 3.02. The fourth-order valence-electron chi connectivity index (χ4n) is 3.01. The first-order chi connectivity index (χ1) is 12.2. The van der Waals surface area contributed by atoms with Gasteiger partial charge in [-0.05, 0) is 25.1 Å². The number of carboxylic acid groups (broad SMARTS) is 1. The lowest BCUT2D eigenvalue weighted by Crippen LogP contribution is -2.48. The van der Waals surface area contributed by atoms with E-state index in [-0.39, 0.29) is 29.4 Å². The summed E-state index contributed by atoms with van der Waals surface area (Å²) in [6.45, 7) is 1.60. The number of sulfonamides is 1. The lowest BCUT2D eigenvalue weighted by atomic mass is 9.93. The number of hydrogen-bond donors (Lipinski definition) is 2. The molecule has 2 heterocycles. The van der Waals surface area contributed by atoms with Crippen molar-refractivity contribution in [2.75, 3.05) is 7.05 Å². The van der Waals surface area contributed by atoms with Crippen LogP contribution in [0, 0.1) is 6.92 Å². The van der Waals surface area contributed by atoms with Crippen molar-refractivity contribution < 1.29 is 27.5 Å². The molecule has 0 fully saturated rings. The number of benzene rings is 1. The van der Waals surface area contributed by atoms with Crippen LogP contribution in [-0.4, -0.2) is 43.4 Å². The predicted molar refractivity (Wildman–Crippen MR) is 91.1 cm³/mol. The maximum absolute atomic E-state index is 13.0. The number of aliphatic carboxylic acids is 1. The number of carbonyl (C=O) groups excluding carboxylic acids is 1. The summed E-state index contributed by atoms with van der Waals surface area (Å²) < 4.78 is 31.1. The molecule has 0 spiro atoms. The highest BCUT2D eigenvalue weighted by atomic mass is 32.2. The molecule has 2 N–H and O–H groups in total. The Hall–Kier alpha value is -2.65. The van der Waals surface area contributed by atoms with E-state index in [2.05, 4.69) is 4.72 Å². The molecule has 0 aliphatic carbocycles. The van der Waals surface area contributed by atoms with Crippen molar-refractivity contribution in [1.82, 2.24) is 9.62 Å². The van der Waals surface area contributed by atoms with Gasteiger partial charge in [-0.15, -0.1) is 0 Å². The van der Waals surface area contributed by atoms with E-state index >= 15 is 0 Å². The van der Waals surface area contributed by atoms with Crippen LogP contribution in [0.1, 0.15) is 27.2 Å². The largest absolute Gasteiger partial charge is 0.480 e. The minimum absolute atomic E-state index is 0.0319. The molecule has 0 radical (unpaired) electrons. The number of amides is 1. The van der Waals surface area contributed by atoms with Crippen LogP contribution in [0.4, 0.5) is 0 Å². The molecule has 2 aromatic rings. The molecule has 0 saturated carbocycles. The van der Waals surface area contributed by atoms with Gasteiger partial charge in [-0.25, -0.2) is 17.9 Å². The molecule has 1 amide bonds. The van der Waals surface area contributed by atoms with Crippen molar-refractivity contribution in [2.45, 2.75) is 31.0 Å². The highest BCUT2D eigenvalue weighted by molar-refractivity contribution is 7.89. The van der Waals surface area contributed by atoms with Gasteiger partial charge < -0.3 is 14.4 Å². The number of nitrogens with one attached hydrogen (secondary N) is 1. The van der Waals surface area contributed by atoms with E-state index in [1.807, 2.05) is 24.3 Å². The number of carbonyl (C=O) groups is 2. The fourth-order valence-corrected chi connectivity index (χ4v) is 3.72. The van der Waals surface area contributed by atoms with E-state index in [0.717, 1.165) is 17.2 Å². The Morgan fingerprint density at radius 1 is 1.27 bits per heavy atom. The summed E-state index contributed by atoms with van der Waals surface area (Å²) >= 11 is 0. The summed E-state index contributed by atoms with van der Waals surface area (Å²) in [6, 6.07) is 7.42. The van der Waals surface area contributed by atoms with Crippen molar-refractivity contribution in [3.05, 3.63) is 52.8 Å². The lowest BCUT2D eigenvalue weighted by Gasteiger charge is -2.34. The maximum atomic E-state index is 13.0. The Bertz CT molecular complexity index is 979. The normalized spacial score (nSPS) is 17.0. The van der Waals surface area contributed by atoms with Crippen LogP contribution in [0.15, 0.2) is 39.8 Å². The quantitative estimate of drug-likeness (QED) is 0.824. The predicted octanol–water partition coefficient (Wildman–Crippen LogP) is 1.15. The third-order valence-corrected chi connectivity index (χ3v) is 5.72. The lowest BCUT2D eigenvalue weighted by molar-refractivity contribution is -0.142. The molecule has 1 aliphatic rings. The van der Waals surface area contributed by atoms with Crippen LogP contribution in [0.2, 0.25) is 0 Å². The highest BCUT2D eigenvalue weighted by Crippen LogP contribution is 2.27. The molecule has 1 aromatic carbocycles. The summed E-state index contributed by atoms with van der Waals surface area (Å²) in [5.41, 5.74) is 1.78. The Morgan fingerprint density at radius 3 is 2.54 bits per heavy atom. The smallest absolute Gasteiger partial charge is 0.326 e. The van der Waals surface area contributed by atoms with E-state index < -0.39 is 27.9 Å². The first-order valence-corrected chi connectivity index (χ1v) is 9.37. The zero-order chi connectivity index (χ0) is 19.1. The fraction of sp³-hybridized carbons (Fsp3) is 0.294. The van der Waals surface area contributed by atoms with Crippen molar-refractivity contribution >= 4 is 21.9 Å². The van der Waals surface area contributed by atoms with Crippen LogP contribution in [0.25, 0.3) is 0 Å². The Balaban J connectivity index is 2.00. The standard InChI is InChI=1S/C17H18N2O6S/c1-10-13(8-15(25-10)26(23,24)18-2)16(20)19-9-12-6-4-3-5-11(12)7-14(19)17(21)22/h3-6,8,14,18H,7,9H2,1-2H3,(H,21,22). The molecular weight excluding hydrogens is 360 g/mol. The van der Waals surface area contributed by atoms with E-state index in [0.29, 0.717) is 0 Å². The molecule has 0 bridgehead atoms. The minimum Gasteiger partial charge on any atom is -0.480 e. The molecular formula is C17H18N2O6S. The number of fused-ring (bicyclic) bond motifs is 1. The van der Waals surface area contributed by atoms with Gasteiger partial charge in [-0.1, -0.05) is 24.3 Å². The van der Waals surface area contributed by atoms with Crippen LogP contribution < -0.4 is 4.72 Å². The number of rotatable bonds is 4. The van der Waals surface area contributed by atoms with Gasteiger partial charge in [0, 0.05) is 19.0 Å². The molecule has 1 unspecified atom stereocenters. The van der Waals surface area contributed by atoms with Crippen molar-refractivity contribution in [3.63, 3.8) is 0 Å². The van der Waals surface area contributed by atoms with Crippen LogP contribution in [-0.2, 0) is 27.8 Å². The summed E-state index contributed by atoms with van der Waals surface area (Å²) in [5, 5.41) is 9.16. The Labute approximate surface area is 150 Å². The number of furan rings is 1. The zero-order valence-electron chi connectivity index (χ0n) is 14.2. The molecule has 0 saturated heterocycles. The van der Waals surface area contributed by atoms with Gasteiger partial charge >= 0.3 is 5.97 Å². The van der Waals surface area contributed by atoms with Gasteiger partial charge in [-0.2, -0.15) is 0 Å². The molecule has 8 nitrogen and oxygen atoms in total. The van der Waals surface area contributed by atoms with Gasteiger partial charge in [0.25, 0.3) is 15.9 Å². The van der Waals surface area contributed by atoms with Crippen LogP contribution >= 0.6 is 0 Å². The van der Waals surface area contributed by atoms with Gasteiger partial charge in [0.05, 0.1) is 5.56 Å². The van der Waals surface area contributed by atoms with Crippen LogP contribution in [0.5, 0.6) is 0 Å². The minimum atomic E-state index is -3.85. The number of nitrogens with zero attached hydrogens (tertiary/aromatic N) is 1. The Morgan fingerprint density at radius 2 is 1.92 bits per heavy atom. The second-order valence-corrected chi connectivity index (χ2v) is 7.82. The van der Waals surface area contributed by atoms with Crippen molar-refractivity contribution in [2.24, 2.45) is 0 Å². The molecule has 3 rings (SSSR count). The van der Waals surface area contributed by atoms with Gasteiger partial charge in [0.15, 0.2) is 0 Å². The topological polar surface area (TPSA) is 117 Å². The SMILES string of the molecule is CNS(=O)(=O)c1cc(C(=O)N2Cc3ccccc3CC2C(=O)O)c(C)o1. The maximum Gasteiger partial charge on any atom is 0.326 e. The van der Waals surface area contributed by atoms with Gasteiger partial charge in [-0.3, -0.25) is 4.79 Å². The van der Waals surface area contributed by atoms with Crippen molar-refractivity contribution in [3.8, 4) is 0 Å².